The Morgan fingerprint density at radius 2 is 2.29 bits per heavy atom. The summed E-state index contributed by atoms with van der Waals surface area (Å²) in [4.78, 5) is 11.0. The van der Waals surface area contributed by atoms with Crippen LogP contribution in [0.4, 0.5) is 0 Å². The minimum absolute atomic E-state index is 0.276. The maximum Gasteiger partial charge on any atom is 0.130 e. The van der Waals surface area contributed by atoms with E-state index < -0.39 is 0 Å². The minimum Gasteiger partial charge on any atom is -0.497 e. The average Bonchev–Trinajstić information content (AvgIpc) is 2.57. The van der Waals surface area contributed by atoms with Crippen molar-refractivity contribution in [1.29, 1.82) is 0 Å². The summed E-state index contributed by atoms with van der Waals surface area (Å²) in [7, 11) is 1.66. The summed E-state index contributed by atoms with van der Waals surface area (Å²) in [6, 6.07) is 5.96. The molecule has 0 N–H and O–H groups in total. The second-order valence-corrected chi connectivity index (χ2v) is 4.06. The zero-order valence-corrected chi connectivity index (χ0v) is 8.54. The highest BCUT2D eigenvalue weighted by molar-refractivity contribution is 5.71. The Bertz CT molecular complexity index is 371. The molecule has 1 aromatic carbocycles. The summed E-state index contributed by atoms with van der Waals surface area (Å²) in [6.45, 7) is 2.00. The van der Waals surface area contributed by atoms with Gasteiger partial charge in [0.05, 0.1) is 7.11 Å². The number of aldehydes is 1. The van der Waals surface area contributed by atoms with Gasteiger partial charge in [0.2, 0.25) is 0 Å². The van der Waals surface area contributed by atoms with Gasteiger partial charge in [0.15, 0.2) is 0 Å². The number of ether oxygens (including phenoxy) is 1. The number of carbonyl (C=O) groups excluding carboxylic acids is 1. The van der Waals surface area contributed by atoms with E-state index in [1.807, 2.05) is 25.1 Å². The van der Waals surface area contributed by atoms with Crippen LogP contribution in [0.15, 0.2) is 18.2 Å². The largest absolute Gasteiger partial charge is 0.497 e. The van der Waals surface area contributed by atoms with E-state index in [2.05, 4.69) is 0 Å². The van der Waals surface area contributed by atoms with Gasteiger partial charge in [0.25, 0.3) is 0 Å². The molecule has 0 radical (unpaired) electrons. The highest BCUT2D eigenvalue weighted by atomic mass is 16.5. The van der Waals surface area contributed by atoms with Gasteiger partial charge in [-0.25, -0.2) is 0 Å². The fourth-order valence-corrected chi connectivity index (χ4v) is 2.11. The van der Waals surface area contributed by atoms with Gasteiger partial charge in [-0.3, -0.25) is 0 Å². The summed E-state index contributed by atoms with van der Waals surface area (Å²) < 4.78 is 5.15. The SMILES string of the molecule is COc1ccc2c(c1)CCC2(C)C=O. The van der Waals surface area contributed by atoms with E-state index in [1.165, 1.54) is 5.56 Å². The molecule has 2 rings (SSSR count). The third-order valence-corrected chi connectivity index (χ3v) is 3.10. The van der Waals surface area contributed by atoms with E-state index in [-0.39, 0.29) is 5.41 Å². The van der Waals surface area contributed by atoms with E-state index >= 15 is 0 Å². The van der Waals surface area contributed by atoms with Crippen LogP contribution in [-0.4, -0.2) is 13.4 Å². The quantitative estimate of drug-likeness (QED) is 0.667. The van der Waals surface area contributed by atoms with Gasteiger partial charge in [-0.2, -0.15) is 0 Å². The Morgan fingerprint density at radius 1 is 1.50 bits per heavy atom. The number of fused-ring (bicyclic) bond motifs is 1. The lowest BCUT2D eigenvalue weighted by Gasteiger charge is -2.16. The number of hydrogen-bond donors (Lipinski definition) is 0. The molecule has 0 saturated carbocycles. The van der Waals surface area contributed by atoms with E-state index in [1.54, 1.807) is 7.11 Å². The molecule has 1 aliphatic rings. The summed E-state index contributed by atoms with van der Waals surface area (Å²) in [5, 5.41) is 0. The molecule has 0 spiro atoms. The van der Waals surface area contributed by atoms with Crippen LogP contribution in [0.25, 0.3) is 0 Å². The van der Waals surface area contributed by atoms with Gasteiger partial charge in [0, 0.05) is 5.41 Å². The van der Waals surface area contributed by atoms with Crippen LogP contribution in [0.5, 0.6) is 5.75 Å². The van der Waals surface area contributed by atoms with Crippen molar-refractivity contribution in [1.82, 2.24) is 0 Å². The van der Waals surface area contributed by atoms with E-state index in [0.29, 0.717) is 0 Å². The zero-order valence-electron chi connectivity index (χ0n) is 8.54. The van der Waals surface area contributed by atoms with Crippen LogP contribution in [0.1, 0.15) is 24.5 Å². The number of benzene rings is 1. The maximum atomic E-state index is 11.0. The smallest absolute Gasteiger partial charge is 0.130 e. The van der Waals surface area contributed by atoms with Crippen molar-refractivity contribution in [2.24, 2.45) is 0 Å². The number of carbonyl (C=O) groups is 1. The second kappa shape index (κ2) is 3.12. The Kier molecular flexibility index (Phi) is 2.06. The molecule has 14 heavy (non-hydrogen) atoms. The molecule has 0 amide bonds. The zero-order chi connectivity index (χ0) is 10.2. The molecule has 2 heteroatoms. The monoisotopic (exact) mass is 190 g/mol. The van der Waals surface area contributed by atoms with Crippen molar-refractivity contribution in [3.63, 3.8) is 0 Å². The van der Waals surface area contributed by atoms with Crippen molar-refractivity contribution in [3.05, 3.63) is 29.3 Å². The van der Waals surface area contributed by atoms with Crippen LogP contribution < -0.4 is 4.74 Å². The van der Waals surface area contributed by atoms with Crippen LogP contribution in [0.3, 0.4) is 0 Å². The molecular weight excluding hydrogens is 176 g/mol. The molecule has 0 heterocycles. The van der Waals surface area contributed by atoms with E-state index in [0.717, 1.165) is 30.4 Å². The van der Waals surface area contributed by atoms with E-state index in [4.69, 9.17) is 4.74 Å². The van der Waals surface area contributed by atoms with Crippen LogP contribution in [-0.2, 0) is 16.6 Å². The van der Waals surface area contributed by atoms with Gasteiger partial charge >= 0.3 is 0 Å². The molecule has 0 fully saturated rings. The molecule has 1 unspecified atom stereocenters. The summed E-state index contributed by atoms with van der Waals surface area (Å²) >= 11 is 0. The predicted molar refractivity (Wildman–Crippen MR) is 54.7 cm³/mol. The molecule has 0 aliphatic heterocycles. The van der Waals surface area contributed by atoms with Crippen LogP contribution in [0, 0.1) is 0 Å². The van der Waals surface area contributed by atoms with Crippen molar-refractivity contribution >= 4 is 6.29 Å². The molecule has 0 bridgehead atoms. The van der Waals surface area contributed by atoms with Gasteiger partial charge in [-0.1, -0.05) is 6.07 Å². The fourth-order valence-electron chi connectivity index (χ4n) is 2.11. The number of aryl methyl sites for hydroxylation is 1. The van der Waals surface area contributed by atoms with Crippen LogP contribution >= 0.6 is 0 Å². The van der Waals surface area contributed by atoms with Gasteiger partial charge in [-0.05, 0) is 43.0 Å². The summed E-state index contributed by atoms with van der Waals surface area (Å²) in [5.74, 6) is 0.874. The van der Waals surface area contributed by atoms with Crippen molar-refractivity contribution in [3.8, 4) is 5.75 Å². The number of rotatable bonds is 2. The first-order valence-electron chi connectivity index (χ1n) is 4.83. The predicted octanol–water partition coefficient (Wildman–Crippen LogP) is 2.10. The molecule has 0 aromatic heterocycles. The molecule has 74 valence electrons. The topological polar surface area (TPSA) is 26.3 Å². The van der Waals surface area contributed by atoms with E-state index in [9.17, 15) is 4.79 Å². The Morgan fingerprint density at radius 3 is 2.93 bits per heavy atom. The first-order chi connectivity index (χ1) is 6.69. The minimum atomic E-state index is -0.276. The lowest BCUT2D eigenvalue weighted by atomic mass is 9.86. The molecule has 1 aliphatic carbocycles. The summed E-state index contributed by atoms with van der Waals surface area (Å²) in [6.07, 6.45) is 2.95. The Hall–Kier alpha value is -1.31. The standard InChI is InChI=1S/C12H14O2/c1-12(8-13)6-5-9-7-10(14-2)3-4-11(9)12/h3-4,7-8H,5-6H2,1-2H3. The molecule has 1 atom stereocenters. The molecule has 1 aromatic rings. The maximum absolute atomic E-state index is 11.0. The van der Waals surface area contributed by atoms with Crippen molar-refractivity contribution in [2.45, 2.75) is 25.2 Å². The number of methoxy groups -OCH3 is 1. The van der Waals surface area contributed by atoms with Crippen molar-refractivity contribution in [2.75, 3.05) is 7.11 Å². The molecular formula is C12H14O2. The lowest BCUT2D eigenvalue weighted by molar-refractivity contribution is -0.112. The Balaban J connectivity index is 2.48. The average molecular weight is 190 g/mol. The fraction of sp³-hybridized carbons (Fsp3) is 0.417. The van der Waals surface area contributed by atoms with Crippen LogP contribution in [0.2, 0.25) is 0 Å². The third-order valence-electron chi connectivity index (χ3n) is 3.10. The Labute approximate surface area is 83.9 Å². The van der Waals surface area contributed by atoms with Crippen molar-refractivity contribution < 1.29 is 9.53 Å². The first kappa shape index (κ1) is 9.25. The second-order valence-electron chi connectivity index (χ2n) is 4.06. The molecule has 2 nitrogen and oxygen atoms in total. The highest BCUT2D eigenvalue weighted by Gasteiger charge is 2.33. The highest BCUT2D eigenvalue weighted by Crippen LogP contribution is 2.38. The lowest BCUT2D eigenvalue weighted by Crippen LogP contribution is -2.19. The van der Waals surface area contributed by atoms with Gasteiger partial charge in [-0.15, -0.1) is 0 Å². The third kappa shape index (κ3) is 1.22. The molecule has 0 saturated heterocycles. The number of hydrogen-bond acceptors (Lipinski definition) is 2. The van der Waals surface area contributed by atoms with Gasteiger partial charge in [0.1, 0.15) is 12.0 Å². The first-order valence-corrected chi connectivity index (χ1v) is 4.83. The normalized spacial score (nSPS) is 24.4. The van der Waals surface area contributed by atoms with Gasteiger partial charge < -0.3 is 9.53 Å². The summed E-state index contributed by atoms with van der Waals surface area (Å²) in [5.41, 5.74) is 2.13.